The molecule has 0 atom stereocenters. The molecule has 1 aliphatic carbocycles. The predicted octanol–water partition coefficient (Wildman–Crippen LogP) is 4.56. The highest BCUT2D eigenvalue weighted by atomic mass is 16.5. The first-order valence-electron chi connectivity index (χ1n) is 10.8. The molecule has 1 aliphatic heterocycles. The fourth-order valence-corrected chi connectivity index (χ4v) is 3.67. The van der Waals surface area contributed by atoms with Gasteiger partial charge in [0.15, 0.2) is 11.4 Å². The van der Waals surface area contributed by atoms with E-state index in [1.165, 1.54) is 0 Å². The van der Waals surface area contributed by atoms with Crippen molar-refractivity contribution in [1.29, 1.82) is 0 Å². The highest BCUT2D eigenvalue weighted by Crippen LogP contribution is 2.32. The topological polar surface area (TPSA) is 67.6 Å². The molecule has 1 amide bonds. The third-order valence-corrected chi connectivity index (χ3v) is 5.49. The monoisotopic (exact) mass is 407 g/mol. The molecule has 2 aliphatic rings. The van der Waals surface area contributed by atoms with Crippen LogP contribution < -0.4 is 10.2 Å². The van der Waals surface area contributed by atoms with Crippen LogP contribution in [0.1, 0.15) is 42.6 Å². The molecule has 3 aromatic rings. The molecular formula is C24H29N3O3. The van der Waals surface area contributed by atoms with Gasteiger partial charge in [0.05, 0.1) is 18.6 Å². The molecule has 1 saturated carbocycles. The summed E-state index contributed by atoms with van der Waals surface area (Å²) in [6.07, 6.45) is 2.16. The summed E-state index contributed by atoms with van der Waals surface area (Å²) in [5, 5.41) is 8.35. The number of aromatic nitrogens is 1. The van der Waals surface area contributed by atoms with Crippen LogP contribution in [-0.4, -0.2) is 43.4 Å². The van der Waals surface area contributed by atoms with Crippen LogP contribution in [0, 0.1) is 6.92 Å². The van der Waals surface area contributed by atoms with Crippen LogP contribution in [0.5, 0.6) is 0 Å². The maximum atomic E-state index is 12.4. The molecule has 2 aromatic carbocycles. The third kappa shape index (κ3) is 4.19. The first-order chi connectivity index (χ1) is 14.7. The van der Waals surface area contributed by atoms with Crippen LogP contribution in [0.4, 0.5) is 5.82 Å². The molecule has 0 bridgehead atoms. The van der Waals surface area contributed by atoms with Gasteiger partial charge in [-0.3, -0.25) is 4.79 Å². The Labute approximate surface area is 177 Å². The number of carbonyl (C=O) groups excluding carboxylic acids is 1. The minimum absolute atomic E-state index is 0.000836. The van der Waals surface area contributed by atoms with Crippen molar-refractivity contribution >= 4 is 22.7 Å². The van der Waals surface area contributed by atoms with Crippen molar-refractivity contribution in [3.8, 4) is 11.1 Å². The average Bonchev–Trinajstić information content (AvgIpc) is 3.51. The molecule has 1 saturated heterocycles. The third-order valence-electron chi connectivity index (χ3n) is 5.49. The lowest BCUT2D eigenvalue weighted by Crippen LogP contribution is -2.36. The molecule has 1 aromatic heterocycles. The number of nitrogens with zero attached hydrogens (tertiary/aromatic N) is 2. The predicted molar refractivity (Wildman–Crippen MR) is 119 cm³/mol. The van der Waals surface area contributed by atoms with Crippen molar-refractivity contribution in [2.24, 2.45) is 0 Å². The van der Waals surface area contributed by atoms with Crippen molar-refractivity contribution in [3.63, 3.8) is 0 Å². The largest absolute Gasteiger partial charge is 0.378 e. The zero-order chi connectivity index (χ0) is 21.1. The van der Waals surface area contributed by atoms with E-state index >= 15 is 0 Å². The van der Waals surface area contributed by atoms with Gasteiger partial charge in [0, 0.05) is 24.7 Å². The van der Waals surface area contributed by atoms with Crippen LogP contribution in [0.15, 0.2) is 40.9 Å². The molecule has 6 nitrogen and oxygen atoms in total. The van der Waals surface area contributed by atoms with Crippen molar-refractivity contribution in [1.82, 2.24) is 10.5 Å². The van der Waals surface area contributed by atoms with E-state index in [1.807, 2.05) is 38.1 Å². The average molecular weight is 408 g/mol. The Morgan fingerprint density at radius 3 is 2.60 bits per heavy atom. The van der Waals surface area contributed by atoms with E-state index < -0.39 is 0 Å². The normalized spacial score (nSPS) is 16.2. The van der Waals surface area contributed by atoms with Gasteiger partial charge in [0.25, 0.3) is 5.91 Å². The molecule has 0 radical (unpaired) electrons. The smallest absolute Gasteiger partial charge is 0.251 e. The van der Waals surface area contributed by atoms with Crippen LogP contribution in [0.25, 0.3) is 22.1 Å². The number of rotatable bonds is 4. The molecule has 0 spiro atoms. The van der Waals surface area contributed by atoms with Gasteiger partial charge in [-0.1, -0.05) is 31.1 Å². The minimum atomic E-state index is -0.000836. The molecule has 2 heterocycles. The molecule has 0 unspecified atom stereocenters. The number of hydrogen-bond donors (Lipinski definition) is 1. The number of hydrogen-bond acceptors (Lipinski definition) is 5. The zero-order valence-corrected chi connectivity index (χ0v) is 17.9. The van der Waals surface area contributed by atoms with Gasteiger partial charge >= 0.3 is 0 Å². The Morgan fingerprint density at radius 1 is 1.10 bits per heavy atom. The summed E-state index contributed by atoms with van der Waals surface area (Å²) in [5.74, 6) is 0.873. The highest BCUT2D eigenvalue weighted by molar-refractivity contribution is 5.97. The maximum absolute atomic E-state index is 12.4. The number of morpholine rings is 1. The molecule has 30 heavy (non-hydrogen) atoms. The van der Waals surface area contributed by atoms with Gasteiger partial charge in [-0.15, -0.1) is 0 Å². The fraction of sp³-hybridized carbons (Fsp3) is 0.417. The Kier molecular flexibility index (Phi) is 6.04. The van der Waals surface area contributed by atoms with Crippen LogP contribution in [0.2, 0.25) is 0 Å². The number of amides is 1. The van der Waals surface area contributed by atoms with Gasteiger partial charge in [0.1, 0.15) is 0 Å². The minimum Gasteiger partial charge on any atom is -0.378 e. The van der Waals surface area contributed by atoms with Gasteiger partial charge in [0.2, 0.25) is 0 Å². The van der Waals surface area contributed by atoms with Gasteiger partial charge in [-0.05, 0) is 60.7 Å². The van der Waals surface area contributed by atoms with Crippen molar-refractivity contribution < 1.29 is 14.1 Å². The second kappa shape index (κ2) is 8.88. The highest BCUT2D eigenvalue weighted by Gasteiger charge is 2.24. The summed E-state index contributed by atoms with van der Waals surface area (Å²) < 4.78 is 11.1. The van der Waals surface area contributed by atoms with Crippen LogP contribution >= 0.6 is 0 Å². The van der Waals surface area contributed by atoms with E-state index in [0.717, 1.165) is 59.4 Å². The van der Waals surface area contributed by atoms with Crippen LogP contribution in [0.3, 0.4) is 0 Å². The lowest BCUT2D eigenvalue weighted by atomic mass is 9.97. The molecule has 2 fully saturated rings. The van der Waals surface area contributed by atoms with E-state index in [1.54, 1.807) is 0 Å². The first kappa shape index (κ1) is 20.4. The number of anilines is 1. The summed E-state index contributed by atoms with van der Waals surface area (Å²) >= 11 is 0. The Bertz CT molecular complexity index is 1030. The van der Waals surface area contributed by atoms with E-state index in [0.29, 0.717) is 24.8 Å². The summed E-state index contributed by atoms with van der Waals surface area (Å²) in [6, 6.07) is 12.4. The Balaban J connectivity index is 0.00000106. The number of fused-ring (bicyclic) bond motifs is 1. The summed E-state index contributed by atoms with van der Waals surface area (Å²) in [6.45, 7) is 9.12. The SMILES string of the molecule is CC.Cc1ccc(C(=O)NC2CC2)cc1-c1ccc2c(N3CCOCC3)noc2c1. The van der Waals surface area contributed by atoms with E-state index in [2.05, 4.69) is 34.4 Å². The molecule has 158 valence electrons. The zero-order valence-electron chi connectivity index (χ0n) is 17.9. The number of carbonyl (C=O) groups is 1. The number of benzene rings is 2. The maximum Gasteiger partial charge on any atom is 0.251 e. The number of aryl methyl sites for hydroxylation is 1. The Hall–Kier alpha value is -2.86. The van der Waals surface area contributed by atoms with Gasteiger partial charge in [-0.2, -0.15) is 0 Å². The second-order valence-corrected chi connectivity index (χ2v) is 7.59. The molecule has 6 heteroatoms. The van der Waals surface area contributed by atoms with Crippen LogP contribution in [-0.2, 0) is 4.74 Å². The molecular weight excluding hydrogens is 378 g/mol. The second-order valence-electron chi connectivity index (χ2n) is 7.59. The van der Waals surface area contributed by atoms with E-state index in [4.69, 9.17) is 9.26 Å². The lowest BCUT2D eigenvalue weighted by Gasteiger charge is -2.26. The summed E-state index contributed by atoms with van der Waals surface area (Å²) in [7, 11) is 0. The standard InChI is InChI=1S/C22H23N3O3.C2H6/c1-14-2-3-16(22(26)23-17-5-6-17)12-19(14)15-4-7-18-20(13-15)28-24-21(18)25-8-10-27-11-9-25;1-2/h2-4,7,12-13,17H,5-6,8-11H2,1H3,(H,23,26);1-2H3. The fourth-order valence-electron chi connectivity index (χ4n) is 3.67. The quantitative estimate of drug-likeness (QED) is 0.687. The van der Waals surface area contributed by atoms with Gasteiger partial charge < -0.3 is 19.5 Å². The first-order valence-corrected chi connectivity index (χ1v) is 10.8. The van der Waals surface area contributed by atoms with Crippen molar-refractivity contribution in [2.45, 2.75) is 39.7 Å². The van der Waals surface area contributed by atoms with Gasteiger partial charge in [-0.25, -0.2) is 0 Å². The molecule has 1 N–H and O–H groups in total. The number of nitrogens with one attached hydrogen (secondary N) is 1. The summed E-state index contributed by atoms with van der Waals surface area (Å²) in [4.78, 5) is 14.6. The van der Waals surface area contributed by atoms with E-state index in [9.17, 15) is 4.79 Å². The molecule has 5 rings (SSSR count). The summed E-state index contributed by atoms with van der Waals surface area (Å²) in [5.41, 5.74) is 4.63. The van der Waals surface area contributed by atoms with Crippen molar-refractivity contribution in [3.05, 3.63) is 47.5 Å². The number of ether oxygens (including phenoxy) is 1. The van der Waals surface area contributed by atoms with Crippen molar-refractivity contribution in [2.75, 3.05) is 31.2 Å². The van der Waals surface area contributed by atoms with E-state index in [-0.39, 0.29) is 5.91 Å². The Morgan fingerprint density at radius 2 is 1.87 bits per heavy atom. The lowest BCUT2D eigenvalue weighted by molar-refractivity contribution is 0.0951.